The van der Waals surface area contributed by atoms with Crippen molar-refractivity contribution in [2.45, 2.75) is 43.1 Å². The molecule has 0 saturated heterocycles. The van der Waals surface area contributed by atoms with Crippen LogP contribution in [0.4, 0.5) is 0 Å². The molecule has 3 aromatic rings. The minimum atomic E-state index is -0.240. The number of fused-ring (bicyclic) bond motifs is 1. The van der Waals surface area contributed by atoms with Crippen molar-refractivity contribution in [2.24, 2.45) is 0 Å². The molecule has 0 fully saturated rings. The first-order valence-electron chi connectivity index (χ1n) is 9.59. The molecule has 0 saturated carbocycles. The molecule has 0 N–H and O–H groups in total. The number of hydrogen-bond donors (Lipinski definition) is 0. The fraction of sp³-hybridized carbons (Fsp3) is 0.261. The van der Waals surface area contributed by atoms with Crippen LogP contribution in [0, 0.1) is 0 Å². The summed E-state index contributed by atoms with van der Waals surface area (Å²) in [6.45, 7) is 6.39. The predicted octanol–water partition coefficient (Wildman–Crippen LogP) is 4.98. The molecule has 1 heterocycles. The number of carbonyl (C=O) groups excluding carboxylic acids is 1. The normalized spacial score (nSPS) is 13.9. The van der Waals surface area contributed by atoms with Crippen molar-refractivity contribution >= 4 is 17.5 Å². The molecule has 1 aromatic heterocycles. The zero-order chi connectivity index (χ0) is 19.5. The lowest BCUT2D eigenvalue weighted by molar-refractivity contribution is 0.0993. The molecular formula is C23H23N3OS. The standard InChI is InChI=1S/C23H23N3OS/c1-3-14-26-22(18-8-5-4-6-9-18)24-25-23(26)28-16(2)21(27)20-13-12-17-10-7-11-19(17)15-20/h3-6,8-9,12-13,15-16H,1,7,10-11,14H2,2H3/t16-/m1/s1. The highest BCUT2D eigenvalue weighted by Gasteiger charge is 2.22. The van der Waals surface area contributed by atoms with Crippen molar-refractivity contribution in [3.05, 3.63) is 77.9 Å². The van der Waals surface area contributed by atoms with Crippen molar-refractivity contribution in [2.75, 3.05) is 0 Å². The molecule has 0 bridgehead atoms. The third kappa shape index (κ3) is 3.67. The molecule has 28 heavy (non-hydrogen) atoms. The number of Topliss-reactive ketones (excluding diaryl/α,β-unsaturated/α-hetero) is 1. The number of aromatic nitrogens is 3. The van der Waals surface area contributed by atoms with Crippen LogP contribution in [-0.4, -0.2) is 25.8 Å². The fourth-order valence-electron chi connectivity index (χ4n) is 3.64. The van der Waals surface area contributed by atoms with Crippen LogP contribution >= 0.6 is 11.8 Å². The number of nitrogens with zero attached hydrogens (tertiary/aromatic N) is 3. The van der Waals surface area contributed by atoms with Gasteiger partial charge in [-0.3, -0.25) is 9.36 Å². The van der Waals surface area contributed by atoms with E-state index in [-0.39, 0.29) is 11.0 Å². The average Bonchev–Trinajstić information content (AvgIpc) is 3.35. The molecule has 0 radical (unpaired) electrons. The van der Waals surface area contributed by atoms with Crippen LogP contribution in [0.1, 0.15) is 34.8 Å². The molecule has 0 unspecified atom stereocenters. The Bertz CT molecular complexity index is 1010. The van der Waals surface area contributed by atoms with Gasteiger partial charge in [0.15, 0.2) is 16.8 Å². The van der Waals surface area contributed by atoms with Crippen molar-refractivity contribution in [1.82, 2.24) is 14.8 Å². The summed E-state index contributed by atoms with van der Waals surface area (Å²) in [6.07, 6.45) is 5.21. The van der Waals surface area contributed by atoms with Gasteiger partial charge in [0, 0.05) is 17.7 Å². The molecule has 142 valence electrons. The molecule has 0 aliphatic heterocycles. The minimum absolute atomic E-state index is 0.133. The lowest BCUT2D eigenvalue weighted by Crippen LogP contribution is -2.15. The lowest BCUT2D eigenvalue weighted by Gasteiger charge is -2.12. The molecule has 0 amide bonds. The van der Waals surface area contributed by atoms with Crippen LogP contribution in [0.3, 0.4) is 0 Å². The number of carbonyl (C=O) groups is 1. The Morgan fingerprint density at radius 2 is 1.96 bits per heavy atom. The smallest absolute Gasteiger partial charge is 0.192 e. The minimum Gasteiger partial charge on any atom is -0.298 e. The molecule has 0 spiro atoms. The third-order valence-electron chi connectivity index (χ3n) is 5.09. The van der Waals surface area contributed by atoms with Gasteiger partial charge in [0.2, 0.25) is 0 Å². The second-order valence-electron chi connectivity index (χ2n) is 7.03. The van der Waals surface area contributed by atoms with Crippen molar-refractivity contribution in [3.8, 4) is 11.4 Å². The number of thioether (sulfide) groups is 1. The first-order chi connectivity index (χ1) is 13.7. The van der Waals surface area contributed by atoms with Crippen LogP contribution in [0.15, 0.2) is 66.3 Å². The van der Waals surface area contributed by atoms with Gasteiger partial charge in [0.25, 0.3) is 0 Å². The molecule has 4 nitrogen and oxygen atoms in total. The van der Waals surface area contributed by atoms with Gasteiger partial charge in [0.05, 0.1) is 5.25 Å². The Hall–Kier alpha value is -2.66. The molecule has 2 aromatic carbocycles. The number of aryl methyl sites for hydroxylation is 2. The van der Waals surface area contributed by atoms with Crippen molar-refractivity contribution in [3.63, 3.8) is 0 Å². The Morgan fingerprint density at radius 3 is 2.75 bits per heavy atom. The van der Waals surface area contributed by atoms with E-state index in [2.05, 4.69) is 28.9 Å². The summed E-state index contributed by atoms with van der Waals surface area (Å²) < 4.78 is 2.01. The highest BCUT2D eigenvalue weighted by molar-refractivity contribution is 8.00. The molecule has 5 heteroatoms. The van der Waals surface area contributed by atoms with E-state index in [1.165, 1.54) is 29.3 Å². The largest absolute Gasteiger partial charge is 0.298 e. The average molecular weight is 390 g/mol. The zero-order valence-electron chi connectivity index (χ0n) is 16.0. The first kappa shape index (κ1) is 18.7. The van der Waals surface area contributed by atoms with Gasteiger partial charge in [0.1, 0.15) is 0 Å². The molecule has 1 aliphatic rings. The highest BCUT2D eigenvalue weighted by atomic mass is 32.2. The maximum absolute atomic E-state index is 13.0. The van der Waals surface area contributed by atoms with Gasteiger partial charge in [-0.15, -0.1) is 16.8 Å². The Morgan fingerprint density at radius 1 is 1.18 bits per heavy atom. The van der Waals surface area contributed by atoms with Gasteiger partial charge in [-0.25, -0.2) is 0 Å². The summed E-state index contributed by atoms with van der Waals surface area (Å²) in [6, 6.07) is 16.1. The summed E-state index contributed by atoms with van der Waals surface area (Å²) in [7, 11) is 0. The second kappa shape index (κ2) is 8.15. The number of ketones is 1. The summed E-state index contributed by atoms with van der Waals surface area (Å²) in [5.74, 6) is 0.925. The van der Waals surface area contributed by atoms with E-state index >= 15 is 0 Å². The number of benzene rings is 2. The maximum atomic E-state index is 13.0. The maximum Gasteiger partial charge on any atom is 0.192 e. The first-order valence-corrected chi connectivity index (χ1v) is 10.5. The predicted molar refractivity (Wildman–Crippen MR) is 114 cm³/mol. The Balaban J connectivity index is 1.57. The Labute approximate surface area is 169 Å². The summed E-state index contributed by atoms with van der Waals surface area (Å²) in [5.41, 5.74) is 4.50. The van der Waals surface area contributed by atoms with Crippen LogP contribution in [0.5, 0.6) is 0 Å². The summed E-state index contributed by atoms with van der Waals surface area (Å²) in [4.78, 5) is 13.0. The van der Waals surface area contributed by atoms with E-state index in [0.717, 1.165) is 34.9 Å². The lowest BCUT2D eigenvalue weighted by atomic mass is 10.0. The van der Waals surface area contributed by atoms with Gasteiger partial charge >= 0.3 is 0 Å². The topological polar surface area (TPSA) is 47.8 Å². The number of allylic oxidation sites excluding steroid dienone is 1. The van der Waals surface area contributed by atoms with E-state index in [9.17, 15) is 4.79 Å². The van der Waals surface area contributed by atoms with Crippen LogP contribution in [-0.2, 0) is 19.4 Å². The third-order valence-corrected chi connectivity index (χ3v) is 6.18. The van der Waals surface area contributed by atoms with Crippen LogP contribution in [0.25, 0.3) is 11.4 Å². The fourth-order valence-corrected chi connectivity index (χ4v) is 4.58. The quantitative estimate of drug-likeness (QED) is 0.325. The number of rotatable bonds is 7. The van der Waals surface area contributed by atoms with Gasteiger partial charge in [-0.05, 0) is 43.4 Å². The molecule has 1 atom stereocenters. The monoisotopic (exact) mass is 389 g/mol. The van der Waals surface area contributed by atoms with Crippen LogP contribution < -0.4 is 0 Å². The molecule has 4 rings (SSSR count). The van der Waals surface area contributed by atoms with Gasteiger partial charge in [-0.2, -0.15) is 0 Å². The van der Waals surface area contributed by atoms with Gasteiger partial charge < -0.3 is 0 Å². The highest BCUT2D eigenvalue weighted by Crippen LogP contribution is 2.30. The van der Waals surface area contributed by atoms with Crippen molar-refractivity contribution < 1.29 is 4.79 Å². The summed E-state index contributed by atoms with van der Waals surface area (Å²) in [5, 5.41) is 9.23. The molecular weight excluding hydrogens is 366 g/mol. The summed E-state index contributed by atoms with van der Waals surface area (Å²) >= 11 is 1.45. The van der Waals surface area contributed by atoms with E-state index in [1.807, 2.05) is 54.0 Å². The van der Waals surface area contributed by atoms with Crippen molar-refractivity contribution in [1.29, 1.82) is 0 Å². The second-order valence-corrected chi connectivity index (χ2v) is 8.34. The molecule has 1 aliphatic carbocycles. The number of hydrogen-bond acceptors (Lipinski definition) is 4. The van der Waals surface area contributed by atoms with E-state index in [4.69, 9.17) is 0 Å². The SMILES string of the molecule is C=CCn1c(S[C@H](C)C(=O)c2ccc3c(c2)CCC3)nnc1-c1ccccc1. The van der Waals surface area contributed by atoms with E-state index in [0.29, 0.717) is 6.54 Å². The van der Waals surface area contributed by atoms with E-state index < -0.39 is 0 Å². The Kier molecular flexibility index (Phi) is 5.44. The zero-order valence-corrected chi connectivity index (χ0v) is 16.8. The van der Waals surface area contributed by atoms with E-state index in [1.54, 1.807) is 0 Å². The van der Waals surface area contributed by atoms with Crippen LogP contribution in [0.2, 0.25) is 0 Å². The van der Waals surface area contributed by atoms with Gasteiger partial charge in [-0.1, -0.05) is 60.3 Å².